The van der Waals surface area contributed by atoms with Crippen molar-refractivity contribution in [1.29, 1.82) is 0 Å². The lowest BCUT2D eigenvalue weighted by Crippen LogP contribution is -1.98. The number of aromatic nitrogens is 4. The molecule has 0 atom stereocenters. The number of nitrogens with one attached hydrogen (secondary N) is 3. The van der Waals surface area contributed by atoms with Crippen LogP contribution in [-0.4, -0.2) is 19.9 Å². The summed E-state index contributed by atoms with van der Waals surface area (Å²) < 4.78 is 0. The van der Waals surface area contributed by atoms with Crippen LogP contribution in [-0.2, 0) is 0 Å². The van der Waals surface area contributed by atoms with Crippen molar-refractivity contribution >= 4 is 0 Å². The standard InChI is InChI=1S/C9H8N2.C3H4N2O/c1-2-4-8(5-3-1)9-10-6-7-11-9;6-3-4-1-2-5-3/h1-7H,(H,10,11);1-2H,(H2,4,5,6). The molecule has 1 aromatic carbocycles. The molecule has 2 heterocycles. The SMILES string of the molecule is O=c1[nH]cc[nH]1.c1ccc(-c2ncc[nH]2)cc1. The summed E-state index contributed by atoms with van der Waals surface area (Å²) in [5, 5.41) is 0. The van der Waals surface area contributed by atoms with Crippen LogP contribution < -0.4 is 5.69 Å². The number of benzene rings is 1. The Kier molecular flexibility index (Phi) is 3.54. The Morgan fingerprint density at radius 2 is 1.59 bits per heavy atom. The van der Waals surface area contributed by atoms with Gasteiger partial charge in [-0.05, 0) is 0 Å². The lowest BCUT2D eigenvalue weighted by Gasteiger charge is -1.92. The first kappa shape index (κ1) is 10.9. The molecule has 3 aromatic rings. The molecule has 86 valence electrons. The van der Waals surface area contributed by atoms with Crippen molar-refractivity contribution in [2.75, 3.05) is 0 Å². The second-order valence-corrected chi connectivity index (χ2v) is 3.25. The minimum absolute atomic E-state index is 0.157. The van der Waals surface area contributed by atoms with Gasteiger partial charge in [-0.3, -0.25) is 0 Å². The quantitative estimate of drug-likeness (QED) is 0.593. The Bertz CT molecular complexity index is 564. The van der Waals surface area contributed by atoms with Gasteiger partial charge in [0.05, 0.1) is 0 Å². The van der Waals surface area contributed by atoms with Crippen LogP contribution in [0.1, 0.15) is 0 Å². The van der Waals surface area contributed by atoms with Gasteiger partial charge < -0.3 is 15.0 Å². The predicted octanol–water partition coefficient (Wildman–Crippen LogP) is 1.78. The molecule has 0 fully saturated rings. The zero-order valence-corrected chi connectivity index (χ0v) is 9.05. The fourth-order valence-corrected chi connectivity index (χ4v) is 1.30. The number of H-pyrrole nitrogens is 3. The molecule has 3 rings (SSSR count). The van der Waals surface area contributed by atoms with Crippen molar-refractivity contribution in [3.63, 3.8) is 0 Å². The normalized spacial score (nSPS) is 9.41. The molecule has 0 spiro atoms. The molecule has 5 heteroatoms. The van der Waals surface area contributed by atoms with Crippen molar-refractivity contribution in [3.05, 3.63) is 65.6 Å². The Labute approximate surface area is 97.6 Å². The van der Waals surface area contributed by atoms with Crippen molar-refractivity contribution < 1.29 is 0 Å². The Morgan fingerprint density at radius 3 is 2.06 bits per heavy atom. The third kappa shape index (κ3) is 3.20. The number of rotatable bonds is 1. The summed E-state index contributed by atoms with van der Waals surface area (Å²) in [5.41, 5.74) is 0.965. The lowest BCUT2D eigenvalue weighted by molar-refractivity contribution is 1.19. The molecule has 0 aliphatic rings. The van der Waals surface area contributed by atoms with E-state index in [1.54, 1.807) is 18.6 Å². The zero-order chi connectivity index (χ0) is 11.9. The van der Waals surface area contributed by atoms with Crippen LogP contribution in [0.4, 0.5) is 0 Å². The van der Waals surface area contributed by atoms with E-state index in [4.69, 9.17) is 0 Å². The van der Waals surface area contributed by atoms with E-state index >= 15 is 0 Å². The van der Waals surface area contributed by atoms with Crippen LogP contribution >= 0.6 is 0 Å². The molecule has 17 heavy (non-hydrogen) atoms. The van der Waals surface area contributed by atoms with E-state index < -0.39 is 0 Å². The van der Waals surface area contributed by atoms with Gasteiger partial charge in [0.25, 0.3) is 0 Å². The van der Waals surface area contributed by atoms with Gasteiger partial charge in [0.1, 0.15) is 5.82 Å². The molecule has 0 bridgehead atoms. The van der Waals surface area contributed by atoms with Gasteiger partial charge in [-0.15, -0.1) is 0 Å². The molecule has 0 amide bonds. The van der Waals surface area contributed by atoms with Gasteiger partial charge in [-0.25, -0.2) is 9.78 Å². The highest BCUT2D eigenvalue weighted by Crippen LogP contribution is 2.11. The summed E-state index contributed by atoms with van der Waals surface area (Å²) in [5.74, 6) is 0.922. The molecule has 0 saturated carbocycles. The summed E-state index contributed by atoms with van der Waals surface area (Å²) in [7, 11) is 0. The first-order chi connectivity index (χ1) is 8.36. The third-order valence-corrected chi connectivity index (χ3v) is 2.06. The minimum atomic E-state index is -0.157. The summed E-state index contributed by atoms with van der Waals surface area (Å²) in [6.45, 7) is 0. The van der Waals surface area contributed by atoms with Crippen molar-refractivity contribution in [2.45, 2.75) is 0 Å². The van der Waals surface area contributed by atoms with Crippen molar-refractivity contribution in [3.8, 4) is 11.4 Å². The Hall–Kier alpha value is -2.56. The highest BCUT2D eigenvalue weighted by molar-refractivity contribution is 5.53. The smallest absolute Gasteiger partial charge is 0.322 e. The maximum absolute atomic E-state index is 9.96. The van der Waals surface area contributed by atoms with E-state index in [2.05, 4.69) is 19.9 Å². The number of nitrogens with zero attached hydrogens (tertiary/aromatic N) is 1. The molecule has 0 saturated heterocycles. The largest absolute Gasteiger partial charge is 0.345 e. The van der Waals surface area contributed by atoms with E-state index in [-0.39, 0.29) is 5.69 Å². The predicted molar refractivity (Wildman–Crippen MR) is 65.4 cm³/mol. The van der Waals surface area contributed by atoms with Crippen LogP contribution in [0.15, 0.2) is 59.9 Å². The van der Waals surface area contributed by atoms with E-state index in [1.807, 2.05) is 36.5 Å². The number of aromatic amines is 3. The molecular weight excluding hydrogens is 216 g/mol. The van der Waals surface area contributed by atoms with Gasteiger partial charge in [0.2, 0.25) is 0 Å². The van der Waals surface area contributed by atoms with Gasteiger partial charge in [-0.2, -0.15) is 0 Å². The topological polar surface area (TPSA) is 77.3 Å². The fraction of sp³-hybridized carbons (Fsp3) is 0. The van der Waals surface area contributed by atoms with Gasteiger partial charge in [0, 0.05) is 30.4 Å². The summed E-state index contributed by atoms with van der Waals surface area (Å²) in [4.78, 5) is 21.9. The number of hydrogen-bond acceptors (Lipinski definition) is 2. The molecule has 5 nitrogen and oxygen atoms in total. The van der Waals surface area contributed by atoms with Crippen LogP contribution in [0, 0.1) is 0 Å². The van der Waals surface area contributed by atoms with E-state index in [0.717, 1.165) is 11.4 Å². The Morgan fingerprint density at radius 1 is 0.882 bits per heavy atom. The Balaban J connectivity index is 0.000000153. The minimum Gasteiger partial charge on any atom is -0.345 e. The van der Waals surface area contributed by atoms with Crippen molar-refractivity contribution in [1.82, 2.24) is 19.9 Å². The summed E-state index contributed by atoms with van der Waals surface area (Å²) in [6.07, 6.45) is 6.66. The summed E-state index contributed by atoms with van der Waals surface area (Å²) >= 11 is 0. The number of imidazole rings is 2. The van der Waals surface area contributed by atoms with E-state index in [9.17, 15) is 4.79 Å². The highest BCUT2D eigenvalue weighted by Gasteiger charge is 1.94. The highest BCUT2D eigenvalue weighted by atomic mass is 16.1. The van der Waals surface area contributed by atoms with Crippen LogP contribution in [0.25, 0.3) is 11.4 Å². The van der Waals surface area contributed by atoms with Gasteiger partial charge in [-0.1, -0.05) is 30.3 Å². The van der Waals surface area contributed by atoms with Crippen LogP contribution in [0.5, 0.6) is 0 Å². The molecular formula is C12H12N4O. The molecule has 0 radical (unpaired) electrons. The van der Waals surface area contributed by atoms with Crippen molar-refractivity contribution in [2.24, 2.45) is 0 Å². The maximum atomic E-state index is 9.96. The third-order valence-electron chi connectivity index (χ3n) is 2.06. The average Bonchev–Trinajstić information content (AvgIpc) is 3.03. The fourth-order valence-electron chi connectivity index (χ4n) is 1.30. The first-order valence-electron chi connectivity index (χ1n) is 5.13. The average molecular weight is 228 g/mol. The summed E-state index contributed by atoms with van der Waals surface area (Å²) in [6, 6.07) is 10.0. The molecule has 2 aromatic heterocycles. The number of hydrogen-bond donors (Lipinski definition) is 3. The second kappa shape index (κ2) is 5.50. The zero-order valence-electron chi connectivity index (χ0n) is 9.05. The maximum Gasteiger partial charge on any atom is 0.322 e. The van der Waals surface area contributed by atoms with Gasteiger partial charge in [0.15, 0.2) is 0 Å². The lowest BCUT2D eigenvalue weighted by atomic mass is 10.2. The van der Waals surface area contributed by atoms with Crippen LogP contribution in [0.3, 0.4) is 0 Å². The molecule has 0 unspecified atom stereocenters. The van der Waals surface area contributed by atoms with Crippen LogP contribution in [0.2, 0.25) is 0 Å². The first-order valence-corrected chi connectivity index (χ1v) is 5.13. The van der Waals surface area contributed by atoms with Gasteiger partial charge >= 0.3 is 5.69 Å². The molecule has 0 aliphatic heterocycles. The van der Waals surface area contributed by atoms with E-state index in [1.165, 1.54) is 0 Å². The second-order valence-electron chi connectivity index (χ2n) is 3.25. The van der Waals surface area contributed by atoms with E-state index in [0.29, 0.717) is 0 Å². The molecule has 3 N–H and O–H groups in total. The monoisotopic (exact) mass is 228 g/mol. The molecule has 0 aliphatic carbocycles.